The van der Waals surface area contributed by atoms with Crippen molar-refractivity contribution in [3.63, 3.8) is 0 Å². The van der Waals surface area contributed by atoms with Crippen LogP contribution in [0.1, 0.15) is 6.92 Å². The Labute approximate surface area is 53.7 Å². The van der Waals surface area contributed by atoms with E-state index >= 15 is 0 Å². The maximum Gasteiger partial charge on any atom is 0.243 e. The van der Waals surface area contributed by atoms with E-state index in [0.29, 0.717) is 0 Å². The summed E-state index contributed by atoms with van der Waals surface area (Å²) < 4.78 is 0. The van der Waals surface area contributed by atoms with E-state index < -0.39 is 0 Å². The van der Waals surface area contributed by atoms with Gasteiger partial charge in [0.1, 0.15) is 5.78 Å². The van der Waals surface area contributed by atoms with Crippen LogP contribution in [-0.2, 0) is 9.59 Å². The molecule has 0 saturated carbocycles. The van der Waals surface area contributed by atoms with Crippen LogP contribution in [0.15, 0.2) is 12.7 Å². The topological polar surface area (TPSA) is 46.2 Å². The largest absolute Gasteiger partial charge is 0.346 e. The number of ketones is 1. The minimum Gasteiger partial charge on any atom is -0.346 e. The lowest BCUT2D eigenvalue weighted by Gasteiger charge is -1.94. The van der Waals surface area contributed by atoms with Crippen LogP contribution in [-0.4, -0.2) is 18.2 Å². The fraction of sp³-hybridized carbons (Fsp3) is 0.333. The van der Waals surface area contributed by atoms with Gasteiger partial charge in [-0.3, -0.25) is 9.59 Å². The molecule has 0 bridgehead atoms. The predicted octanol–water partition coefficient (Wildman–Crippen LogP) is -0.122. The molecule has 3 heteroatoms. The number of hydrogen-bond acceptors (Lipinski definition) is 2. The summed E-state index contributed by atoms with van der Waals surface area (Å²) in [7, 11) is 0. The van der Waals surface area contributed by atoms with Gasteiger partial charge in [0.05, 0.1) is 6.54 Å². The van der Waals surface area contributed by atoms with Gasteiger partial charge in [-0.05, 0) is 13.0 Å². The second kappa shape index (κ2) is 3.83. The molecule has 0 fully saturated rings. The Morgan fingerprint density at radius 1 is 1.67 bits per heavy atom. The molecule has 0 rings (SSSR count). The summed E-state index contributed by atoms with van der Waals surface area (Å²) in [5, 5.41) is 2.33. The third-order valence-corrected chi connectivity index (χ3v) is 0.697. The van der Waals surface area contributed by atoms with E-state index in [0.717, 1.165) is 6.08 Å². The van der Waals surface area contributed by atoms with Crippen molar-refractivity contribution in [1.29, 1.82) is 0 Å². The van der Waals surface area contributed by atoms with Crippen LogP contribution >= 0.6 is 0 Å². The van der Waals surface area contributed by atoms with Gasteiger partial charge in [0.2, 0.25) is 5.91 Å². The molecule has 0 aromatic rings. The molecule has 1 N–H and O–H groups in total. The summed E-state index contributed by atoms with van der Waals surface area (Å²) in [4.78, 5) is 20.5. The molecule has 0 aromatic carbocycles. The molecular formula is C6H9NO2. The van der Waals surface area contributed by atoms with Crippen LogP contribution in [0.2, 0.25) is 0 Å². The third-order valence-electron chi connectivity index (χ3n) is 0.697. The Hall–Kier alpha value is -1.12. The Morgan fingerprint density at radius 2 is 2.22 bits per heavy atom. The molecular weight excluding hydrogens is 118 g/mol. The van der Waals surface area contributed by atoms with Crippen molar-refractivity contribution in [2.45, 2.75) is 6.92 Å². The van der Waals surface area contributed by atoms with Crippen LogP contribution in [0.4, 0.5) is 0 Å². The van der Waals surface area contributed by atoms with Gasteiger partial charge in [0.15, 0.2) is 0 Å². The minimum atomic E-state index is -0.315. The summed E-state index contributed by atoms with van der Waals surface area (Å²) in [6, 6.07) is 0. The Balaban J connectivity index is 3.39. The summed E-state index contributed by atoms with van der Waals surface area (Å²) >= 11 is 0. The van der Waals surface area contributed by atoms with Crippen LogP contribution in [0.25, 0.3) is 0 Å². The van der Waals surface area contributed by atoms with Crippen molar-refractivity contribution in [3.8, 4) is 0 Å². The first-order chi connectivity index (χ1) is 4.16. The lowest BCUT2D eigenvalue weighted by Crippen LogP contribution is -2.26. The van der Waals surface area contributed by atoms with Crippen LogP contribution < -0.4 is 5.32 Å². The number of carbonyl (C=O) groups is 2. The first-order valence-electron chi connectivity index (χ1n) is 2.56. The van der Waals surface area contributed by atoms with Crippen LogP contribution in [0.3, 0.4) is 0 Å². The smallest absolute Gasteiger partial charge is 0.243 e. The number of carbonyl (C=O) groups excluding carboxylic acids is 2. The highest BCUT2D eigenvalue weighted by Crippen LogP contribution is 1.67. The molecule has 0 aliphatic rings. The molecule has 0 aliphatic carbocycles. The Morgan fingerprint density at radius 3 is 2.56 bits per heavy atom. The van der Waals surface area contributed by atoms with Crippen molar-refractivity contribution in [1.82, 2.24) is 5.32 Å². The normalized spacial score (nSPS) is 8.11. The molecule has 0 heterocycles. The van der Waals surface area contributed by atoms with Crippen molar-refractivity contribution in [3.05, 3.63) is 12.7 Å². The zero-order valence-corrected chi connectivity index (χ0v) is 5.31. The number of Topliss-reactive ketones (excluding diaryl/α,β-unsaturated/α-hetero) is 1. The zero-order valence-electron chi connectivity index (χ0n) is 5.31. The zero-order chi connectivity index (χ0) is 7.28. The van der Waals surface area contributed by atoms with E-state index in [9.17, 15) is 9.59 Å². The molecule has 0 aliphatic heterocycles. The van der Waals surface area contributed by atoms with Gasteiger partial charge in [-0.1, -0.05) is 6.58 Å². The molecule has 0 spiro atoms. The summed E-state index contributed by atoms with van der Waals surface area (Å²) in [5.41, 5.74) is 0. The monoisotopic (exact) mass is 127 g/mol. The lowest BCUT2D eigenvalue weighted by atomic mass is 10.4. The quantitative estimate of drug-likeness (QED) is 0.537. The minimum absolute atomic E-state index is 0.0646. The highest BCUT2D eigenvalue weighted by molar-refractivity contribution is 5.90. The van der Waals surface area contributed by atoms with Gasteiger partial charge in [0.25, 0.3) is 0 Å². The first kappa shape index (κ1) is 7.88. The Bertz CT molecular complexity index is 140. The number of hydrogen-bond donors (Lipinski definition) is 1. The van der Waals surface area contributed by atoms with Gasteiger partial charge in [-0.25, -0.2) is 0 Å². The predicted molar refractivity (Wildman–Crippen MR) is 33.9 cm³/mol. The van der Waals surface area contributed by atoms with Gasteiger partial charge >= 0.3 is 0 Å². The average molecular weight is 127 g/mol. The molecule has 0 radical (unpaired) electrons. The van der Waals surface area contributed by atoms with Crippen molar-refractivity contribution < 1.29 is 9.59 Å². The van der Waals surface area contributed by atoms with E-state index in [1.807, 2.05) is 0 Å². The maximum atomic E-state index is 10.3. The van der Waals surface area contributed by atoms with E-state index in [1.165, 1.54) is 6.92 Å². The molecule has 1 amide bonds. The molecule has 3 nitrogen and oxygen atoms in total. The average Bonchev–Trinajstić information content (AvgIpc) is 1.83. The summed E-state index contributed by atoms with van der Waals surface area (Å²) in [6.45, 7) is 4.71. The van der Waals surface area contributed by atoms with Crippen LogP contribution in [0.5, 0.6) is 0 Å². The van der Waals surface area contributed by atoms with E-state index in [2.05, 4.69) is 11.9 Å². The summed E-state index contributed by atoms with van der Waals surface area (Å²) in [6.07, 6.45) is 1.13. The van der Waals surface area contributed by atoms with E-state index in [-0.39, 0.29) is 18.2 Å². The molecule has 9 heavy (non-hydrogen) atoms. The highest BCUT2D eigenvalue weighted by atomic mass is 16.2. The molecule has 50 valence electrons. The van der Waals surface area contributed by atoms with Crippen molar-refractivity contribution in [2.24, 2.45) is 0 Å². The maximum absolute atomic E-state index is 10.3. The number of amides is 1. The second-order valence-corrected chi connectivity index (χ2v) is 1.62. The van der Waals surface area contributed by atoms with Crippen molar-refractivity contribution >= 4 is 11.7 Å². The molecule has 0 aromatic heterocycles. The number of nitrogens with one attached hydrogen (secondary N) is 1. The first-order valence-corrected chi connectivity index (χ1v) is 2.56. The van der Waals surface area contributed by atoms with Gasteiger partial charge < -0.3 is 5.32 Å². The van der Waals surface area contributed by atoms with Gasteiger partial charge in [-0.2, -0.15) is 0 Å². The van der Waals surface area contributed by atoms with Gasteiger partial charge in [0, 0.05) is 0 Å². The van der Waals surface area contributed by atoms with Gasteiger partial charge in [-0.15, -0.1) is 0 Å². The highest BCUT2D eigenvalue weighted by Gasteiger charge is 1.93. The third kappa shape index (κ3) is 4.74. The van der Waals surface area contributed by atoms with E-state index in [1.54, 1.807) is 0 Å². The van der Waals surface area contributed by atoms with Crippen molar-refractivity contribution in [2.75, 3.05) is 6.54 Å². The SMILES string of the molecule is C=CC(=O)NCC(C)=O. The molecule has 0 atom stereocenters. The van der Waals surface area contributed by atoms with Crippen LogP contribution in [0, 0.1) is 0 Å². The van der Waals surface area contributed by atoms with E-state index in [4.69, 9.17) is 0 Å². The Kier molecular flexibility index (Phi) is 3.35. The molecule has 0 saturated heterocycles. The summed E-state index contributed by atoms with van der Waals surface area (Å²) in [5.74, 6) is -0.379. The fourth-order valence-corrected chi connectivity index (χ4v) is 0.284. The fourth-order valence-electron chi connectivity index (χ4n) is 0.284. The second-order valence-electron chi connectivity index (χ2n) is 1.62. The number of rotatable bonds is 3. The lowest BCUT2D eigenvalue weighted by molar-refractivity contribution is -0.121. The molecule has 0 unspecified atom stereocenters. The standard InChI is InChI=1S/C6H9NO2/c1-3-6(9)7-4-5(2)8/h3H,1,4H2,2H3,(H,7,9).